The molecule has 2 heterocycles. The van der Waals surface area contributed by atoms with E-state index in [1.54, 1.807) is 0 Å². The average molecular weight is 474 g/mol. The number of rotatable bonds is 2. The minimum atomic E-state index is 0.0388. The van der Waals surface area contributed by atoms with Crippen molar-refractivity contribution in [2.24, 2.45) is 0 Å². The standard InChI is InChI=1S/C34H37N2/c1-22-12-11-13-23(2)31(22)32-26-17-15-24(33(3,4)5)20-28(26)36(30-14-9-10-19-35-30)29-21-25(34(6,7)8)16-18-27(29)32/h9-21H,1-8H3/q+1. The summed E-state index contributed by atoms with van der Waals surface area (Å²) in [7, 11) is 0. The number of nitrogens with zero attached hydrogens (tertiary/aromatic N) is 2. The average Bonchev–Trinajstić information content (AvgIpc) is 2.82. The van der Waals surface area contributed by atoms with Crippen molar-refractivity contribution in [2.45, 2.75) is 66.2 Å². The van der Waals surface area contributed by atoms with Crippen LogP contribution >= 0.6 is 0 Å². The third-order valence-corrected chi connectivity index (χ3v) is 7.36. The highest BCUT2D eigenvalue weighted by Crippen LogP contribution is 2.40. The molecule has 0 N–H and O–H groups in total. The molecule has 182 valence electrons. The molecule has 2 heteroatoms. The summed E-state index contributed by atoms with van der Waals surface area (Å²) < 4.78 is 2.37. The maximum absolute atomic E-state index is 4.83. The minimum Gasteiger partial charge on any atom is -0.188 e. The first-order valence-corrected chi connectivity index (χ1v) is 12.9. The van der Waals surface area contributed by atoms with Crippen LogP contribution in [0.4, 0.5) is 0 Å². The zero-order valence-corrected chi connectivity index (χ0v) is 22.9. The van der Waals surface area contributed by atoms with Crippen molar-refractivity contribution >= 4 is 21.8 Å². The summed E-state index contributed by atoms with van der Waals surface area (Å²) in [6.45, 7) is 18.2. The lowest BCUT2D eigenvalue weighted by Gasteiger charge is -2.23. The van der Waals surface area contributed by atoms with Crippen LogP contribution in [0.1, 0.15) is 63.8 Å². The summed E-state index contributed by atoms with van der Waals surface area (Å²) in [5.74, 6) is 0.942. The summed E-state index contributed by atoms with van der Waals surface area (Å²) in [6.07, 6.45) is 1.89. The fraction of sp³-hybridized carbons (Fsp3) is 0.294. The Labute approximate surface area is 215 Å². The summed E-state index contributed by atoms with van der Waals surface area (Å²) in [5, 5.41) is 2.50. The minimum absolute atomic E-state index is 0.0388. The molecule has 5 rings (SSSR count). The molecule has 2 aromatic heterocycles. The van der Waals surface area contributed by atoms with E-state index in [2.05, 4.69) is 127 Å². The molecule has 0 spiro atoms. The SMILES string of the molecule is Cc1cccc(C)c1-c1c2ccc(C(C)(C)C)cc2[n+](-c2ccccn2)c2cc(C(C)(C)C)ccc12. The Bertz CT molecular complexity index is 1500. The Morgan fingerprint density at radius 2 is 1.11 bits per heavy atom. The van der Waals surface area contributed by atoms with E-state index in [-0.39, 0.29) is 10.8 Å². The van der Waals surface area contributed by atoms with Gasteiger partial charge in [-0.2, -0.15) is 4.57 Å². The van der Waals surface area contributed by atoms with E-state index in [1.807, 2.05) is 12.3 Å². The van der Waals surface area contributed by atoms with Crippen LogP contribution in [0.2, 0.25) is 0 Å². The fourth-order valence-corrected chi connectivity index (χ4v) is 5.27. The first kappa shape index (κ1) is 24.2. The molecule has 0 radical (unpaired) electrons. The van der Waals surface area contributed by atoms with E-state index in [4.69, 9.17) is 4.98 Å². The van der Waals surface area contributed by atoms with Crippen molar-refractivity contribution < 1.29 is 4.57 Å². The zero-order valence-electron chi connectivity index (χ0n) is 22.9. The van der Waals surface area contributed by atoms with E-state index in [0.717, 1.165) is 5.82 Å². The molecule has 0 fully saturated rings. The second-order valence-electron chi connectivity index (χ2n) is 12.1. The largest absolute Gasteiger partial charge is 0.328 e. The second kappa shape index (κ2) is 8.55. The molecule has 5 aromatic rings. The lowest BCUT2D eigenvalue weighted by molar-refractivity contribution is -0.542. The molecule has 0 aliphatic rings. The predicted octanol–water partition coefficient (Wildman–Crippen LogP) is 8.54. The summed E-state index contributed by atoms with van der Waals surface area (Å²) in [5.41, 5.74) is 10.3. The van der Waals surface area contributed by atoms with Crippen LogP contribution in [-0.4, -0.2) is 4.98 Å². The highest BCUT2D eigenvalue weighted by atomic mass is 15.1. The number of aryl methyl sites for hydroxylation is 2. The first-order chi connectivity index (χ1) is 17.0. The van der Waals surface area contributed by atoms with Crippen LogP contribution in [-0.2, 0) is 10.8 Å². The molecular weight excluding hydrogens is 436 g/mol. The van der Waals surface area contributed by atoms with E-state index >= 15 is 0 Å². The van der Waals surface area contributed by atoms with Crippen molar-refractivity contribution in [1.82, 2.24) is 4.98 Å². The van der Waals surface area contributed by atoms with E-state index in [0.29, 0.717) is 0 Å². The van der Waals surface area contributed by atoms with Gasteiger partial charge in [-0.05, 0) is 87.8 Å². The fourth-order valence-electron chi connectivity index (χ4n) is 5.27. The van der Waals surface area contributed by atoms with Crippen LogP contribution in [0, 0.1) is 13.8 Å². The number of hydrogen-bond donors (Lipinski definition) is 0. The van der Waals surface area contributed by atoms with Gasteiger partial charge in [0.1, 0.15) is 17.2 Å². The van der Waals surface area contributed by atoms with Gasteiger partial charge in [-0.1, -0.05) is 77.9 Å². The normalized spacial score (nSPS) is 12.4. The van der Waals surface area contributed by atoms with E-state index in [1.165, 1.54) is 55.2 Å². The highest BCUT2D eigenvalue weighted by Gasteiger charge is 2.26. The smallest absolute Gasteiger partial charge is 0.188 e. The Balaban J connectivity index is 2.07. The number of pyridine rings is 2. The number of aromatic nitrogens is 2. The van der Waals surface area contributed by atoms with Crippen molar-refractivity contribution in [3.8, 4) is 16.9 Å². The molecular formula is C34H37N2+. The lowest BCUT2D eigenvalue weighted by atomic mass is 9.83. The maximum Gasteiger partial charge on any atom is 0.328 e. The molecule has 0 amide bonds. The molecule has 0 bridgehead atoms. The summed E-state index contributed by atoms with van der Waals surface area (Å²) in [4.78, 5) is 4.83. The topological polar surface area (TPSA) is 16.8 Å². The molecule has 0 atom stereocenters. The maximum atomic E-state index is 4.83. The summed E-state index contributed by atoms with van der Waals surface area (Å²) in [6, 6.07) is 26.8. The monoisotopic (exact) mass is 473 g/mol. The van der Waals surface area contributed by atoms with E-state index in [9.17, 15) is 0 Å². The molecule has 0 aliphatic carbocycles. The van der Waals surface area contributed by atoms with Gasteiger partial charge in [0.05, 0.1) is 0 Å². The molecule has 0 aliphatic heterocycles. The third kappa shape index (κ3) is 4.09. The predicted molar refractivity (Wildman–Crippen MR) is 153 cm³/mol. The third-order valence-electron chi connectivity index (χ3n) is 7.36. The Morgan fingerprint density at radius 3 is 1.56 bits per heavy atom. The van der Waals surface area contributed by atoms with Crippen LogP contribution in [0.3, 0.4) is 0 Å². The van der Waals surface area contributed by atoms with Gasteiger partial charge in [-0.3, -0.25) is 0 Å². The molecule has 0 saturated heterocycles. The van der Waals surface area contributed by atoms with Gasteiger partial charge in [0.2, 0.25) is 0 Å². The van der Waals surface area contributed by atoms with Gasteiger partial charge in [-0.15, -0.1) is 0 Å². The van der Waals surface area contributed by atoms with Crippen LogP contribution in [0.15, 0.2) is 79.0 Å². The molecule has 3 aromatic carbocycles. The van der Waals surface area contributed by atoms with Gasteiger partial charge in [0, 0.05) is 22.4 Å². The Morgan fingerprint density at radius 1 is 0.583 bits per heavy atom. The summed E-state index contributed by atoms with van der Waals surface area (Å²) >= 11 is 0. The Kier molecular flexibility index (Phi) is 5.75. The van der Waals surface area contributed by atoms with Crippen molar-refractivity contribution in [3.05, 3.63) is 101 Å². The van der Waals surface area contributed by atoms with Crippen molar-refractivity contribution in [2.75, 3.05) is 0 Å². The van der Waals surface area contributed by atoms with Gasteiger partial charge in [-0.25, -0.2) is 0 Å². The molecule has 0 saturated carbocycles. The van der Waals surface area contributed by atoms with Gasteiger partial charge in [0.25, 0.3) is 0 Å². The number of hydrogen-bond acceptors (Lipinski definition) is 1. The number of benzene rings is 3. The van der Waals surface area contributed by atoms with Crippen molar-refractivity contribution in [1.29, 1.82) is 0 Å². The molecule has 0 unspecified atom stereocenters. The van der Waals surface area contributed by atoms with Gasteiger partial charge >= 0.3 is 5.82 Å². The lowest BCUT2D eigenvalue weighted by Crippen LogP contribution is -2.35. The van der Waals surface area contributed by atoms with Crippen LogP contribution in [0.5, 0.6) is 0 Å². The molecule has 2 nitrogen and oxygen atoms in total. The quantitative estimate of drug-likeness (QED) is 0.185. The van der Waals surface area contributed by atoms with E-state index < -0.39 is 0 Å². The van der Waals surface area contributed by atoms with Gasteiger partial charge < -0.3 is 0 Å². The van der Waals surface area contributed by atoms with Crippen LogP contribution in [0.25, 0.3) is 38.8 Å². The highest BCUT2D eigenvalue weighted by molar-refractivity contribution is 6.09. The van der Waals surface area contributed by atoms with Crippen molar-refractivity contribution in [3.63, 3.8) is 0 Å². The molecule has 36 heavy (non-hydrogen) atoms. The number of fused-ring (bicyclic) bond motifs is 2. The second-order valence-corrected chi connectivity index (χ2v) is 12.1. The van der Waals surface area contributed by atoms with Gasteiger partial charge in [0.15, 0.2) is 0 Å². The Hall–Kier alpha value is -3.52. The van der Waals surface area contributed by atoms with Crippen LogP contribution < -0.4 is 4.57 Å². The zero-order chi connectivity index (χ0) is 25.8. The first-order valence-electron chi connectivity index (χ1n) is 12.9.